The van der Waals surface area contributed by atoms with Crippen molar-refractivity contribution in [3.8, 4) is 0 Å². The zero-order chi connectivity index (χ0) is 17.0. The molecular weight excluding hydrogens is 326 g/mol. The van der Waals surface area contributed by atoms with Crippen LogP contribution in [0.2, 0.25) is 0 Å². The fraction of sp³-hybridized carbons (Fsp3) is 0.133. The highest BCUT2D eigenvalue weighted by molar-refractivity contribution is 7.99. The second-order valence-electron chi connectivity index (χ2n) is 4.54. The Hall–Kier alpha value is -2.48. The predicted octanol–water partition coefficient (Wildman–Crippen LogP) is 4.47. The smallest absolute Gasteiger partial charge is 0.288 e. The molecule has 0 saturated carbocycles. The largest absolute Gasteiger partial charge is 0.321 e. The summed E-state index contributed by atoms with van der Waals surface area (Å²) in [6.45, 7) is 1.47. The minimum atomic E-state index is -2.62. The van der Waals surface area contributed by atoms with Crippen LogP contribution >= 0.6 is 11.8 Å². The fourth-order valence-corrected chi connectivity index (χ4v) is 2.62. The monoisotopic (exact) mass is 338 g/mol. The summed E-state index contributed by atoms with van der Waals surface area (Å²) in [5.41, 5.74) is 0.395. The van der Waals surface area contributed by atoms with Crippen LogP contribution in [0.3, 0.4) is 0 Å². The van der Waals surface area contributed by atoms with E-state index in [0.29, 0.717) is 11.8 Å². The number of nitrogens with zero attached hydrogens (tertiary/aromatic N) is 1. The van der Waals surface area contributed by atoms with Crippen molar-refractivity contribution in [2.24, 2.45) is 0 Å². The number of carbonyl (C=O) groups is 1. The number of carbonyl (C=O) groups excluding carboxylic acids is 1. The molecule has 23 heavy (non-hydrogen) atoms. The standard InChI is InChI=1S/C15H12F2N2O3S/c1-9-10(5-4-7-12(9)19(21)22)14(20)18-11-6-2-3-8-13(11)23-15(16)17/h2-8,15H,1H3,(H,18,20). The summed E-state index contributed by atoms with van der Waals surface area (Å²) in [5.74, 6) is -3.21. The number of nitro benzene ring substituents is 1. The molecule has 0 heterocycles. The third-order valence-electron chi connectivity index (χ3n) is 3.10. The molecule has 0 aromatic heterocycles. The van der Waals surface area contributed by atoms with E-state index in [-0.39, 0.29) is 27.4 Å². The Bertz CT molecular complexity index is 753. The first kappa shape index (κ1) is 16.9. The minimum Gasteiger partial charge on any atom is -0.321 e. The first-order valence-corrected chi connectivity index (χ1v) is 7.37. The highest BCUT2D eigenvalue weighted by Crippen LogP contribution is 2.32. The Balaban J connectivity index is 2.30. The number of anilines is 1. The van der Waals surface area contributed by atoms with Gasteiger partial charge in [0.05, 0.1) is 10.6 Å². The third-order valence-corrected chi connectivity index (χ3v) is 3.89. The summed E-state index contributed by atoms with van der Waals surface area (Å²) in [4.78, 5) is 22.9. The summed E-state index contributed by atoms with van der Waals surface area (Å²) >= 11 is 0.318. The van der Waals surface area contributed by atoms with Crippen LogP contribution in [0.4, 0.5) is 20.2 Å². The van der Waals surface area contributed by atoms with Crippen LogP contribution in [0.5, 0.6) is 0 Å². The highest BCUT2D eigenvalue weighted by atomic mass is 32.2. The lowest BCUT2D eigenvalue weighted by Gasteiger charge is -2.11. The summed E-state index contributed by atoms with van der Waals surface area (Å²) in [6, 6.07) is 10.3. The third kappa shape index (κ3) is 4.04. The van der Waals surface area contributed by atoms with Gasteiger partial charge in [-0.2, -0.15) is 8.78 Å². The zero-order valence-electron chi connectivity index (χ0n) is 12.0. The summed E-state index contributed by atoms with van der Waals surface area (Å²) < 4.78 is 25.1. The quantitative estimate of drug-likeness (QED) is 0.496. The molecular formula is C15H12F2N2O3S. The summed E-state index contributed by atoms with van der Waals surface area (Å²) in [6.07, 6.45) is 0. The van der Waals surface area contributed by atoms with Crippen molar-refractivity contribution in [1.29, 1.82) is 0 Å². The van der Waals surface area contributed by atoms with Gasteiger partial charge in [-0.3, -0.25) is 14.9 Å². The molecule has 0 spiro atoms. The average Bonchev–Trinajstić information content (AvgIpc) is 2.48. The van der Waals surface area contributed by atoms with Gasteiger partial charge in [-0.1, -0.05) is 30.0 Å². The van der Waals surface area contributed by atoms with E-state index in [9.17, 15) is 23.7 Å². The maximum atomic E-state index is 12.5. The molecule has 2 aromatic carbocycles. The van der Waals surface area contributed by atoms with Gasteiger partial charge in [0.2, 0.25) is 0 Å². The lowest BCUT2D eigenvalue weighted by atomic mass is 10.1. The molecule has 0 saturated heterocycles. The first-order chi connectivity index (χ1) is 10.9. The number of halogens is 2. The normalized spacial score (nSPS) is 10.6. The van der Waals surface area contributed by atoms with Crippen LogP contribution in [-0.4, -0.2) is 16.6 Å². The summed E-state index contributed by atoms with van der Waals surface area (Å²) in [7, 11) is 0. The molecule has 120 valence electrons. The summed E-state index contributed by atoms with van der Waals surface area (Å²) in [5, 5.41) is 13.4. The number of rotatable bonds is 5. The minimum absolute atomic E-state index is 0.121. The van der Waals surface area contributed by atoms with Crippen molar-refractivity contribution >= 4 is 29.0 Å². The van der Waals surface area contributed by atoms with Crippen molar-refractivity contribution in [3.05, 3.63) is 63.7 Å². The molecule has 0 atom stereocenters. The van der Waals surface area contributed by atoms with Gasteiger partial charge in [0.1, 0.15) is 0 Å². The first-order valence-electron chi connectivity index (χ1n) is 6.49. The van der Waals surface area contributed by atoms with Crippen molar-refractivity contribution in [2.75, 3.05) is 5.32 Å². The van der Waals surface area contributed by atoms with Crippen LogP contribution in [0.25, 0.3) is 0 Å². The van der Waals surface area contributed by atoms with E-state index >= 15 is 0 Å². The molecule has 0 aliphatic heterocycles. The molecule has 0 unspecified atom stereocenters. The molecule has 0 bridgehead atoms. The molecule has 5 nitrogen and oxygen atoms in total. The Kier molecular flexibility index (Phi) is 5.28. The molecule has 0 aliphatic rings. The molecule has 1 N–H and O–H groups in total. The molecule has 0 fully saturated rings. The number of hydrogen-bond donors (Lipinski definition) is 1. The predicted molar refractivity (Wildman–Crippen MR) is 84.1 cm³/mol. The maximum Gasteiger partial charge on any atom is 0.288 e. The number of nitrogens with one attached hydrogen (secondary N) is 1. The molecule has 0 aliphatic carbocycles. The van der Waals surface area contributed by atoms with Crippen LogP contribution in [0.15, 0.2) is 47.4 Å². The van der Waals surface area contributed by atoms with E-state index < -0.39 is 16.6 Å². The van der Waals surface area contributed by atoms with Gasteiger partial charge >= 0.3 is 0 Å². The Morgan fingerprint density at radius 1 is 1.22 bits per heavy atom. The van der Waals surface area contributed by atoms with Crippen LogP contribution in [0.1, 0.15) is 15.9 Å². The number of benzene rings is 2. The average molecular weight is 338 g/mol. The molecule has 2 rings (SSSR count). The number of nitro groups is 1. The van der Waals surface area contributed by atoms with E-state index in [1.807, 2.05) is 0 Å². The lowest BCUT2D eigenvalue weighted by Crippen LogP contribution is -2.14. The van der Waals surface area contributed by atoms with E-state index in [4.69, 9.17) is 0 Å². The van der Waals surface area contributed by atoms with Crippen molar-refractivity contribution in [3.63, 3.8) is 0 Å². The van der Waals surface area contributed by atoms with Crippen LogP contribution < -0.4 is 5.32 Å². The number of alkyl halides is 2. The van der Waals surface area contributed by atoms with E-state index in [1.54, 1.807) is 12.1 Å². The van der Waals surface area contributed by atoms with Crippen LogP contribution in [-0.2, 0) is 0 Å². The molecule has 0 radical (unpaired) electrons. The second-order valence-corrected chi connectivity index (χ2v) is 5.57. The SMILES string of the molecule is Cc1c(C(=O)Nc2ccccc2SC(F)F)cccc1[N+](=O)[O-]. The van der Waals surface area contributed by atoms with Crippen molar-refractivity contribution in [2.45, 2.75) is 17.6 Å². The second kappa shape index (κ2) is 7.19. The fourth-order valence-electron chi connectivity index (χ4n) is 2.03. The van der Waals surface area contributed by atoms with Crippen LogP contribution in [0, 0.1) is 17.0 Å². The van der Waals surface area contributed by atoms with Gasteiger partial charge in [-0.15, -0.1) is 0 Å². The topological polar surface area (TPSA) is 72.2 Å². The molecule has 2 aromatic rings. The zero-order valence-corrected chi connectivity index (χ0v) is 12.8. The number of thioether (sulfide) groups is 1. The Labute approximate surface area is 134 Å². The van der Waals surface area contributed by atoms with E-state index in [0.717, 1.165) is 0 Å². The lowest BCUT2D eigenvalue weighted by molar-refractivity contribution is -0.385. The molecule has 1 amide bonds. The van der Waals surface area contributed by atoms with Crippen molar-refractivity contribution in [1.82, 2.24) is 0 Å². The molecule has 8 heteroatoms. The highest BCUT2D eigenvalue weighted by Gasteiger charge is 2.19. The van der Waals surface area contributed by atoms with Gasteiger partial charge in [0.15, 0.2) is 0 Å². The number of para-hydroxylation sites is 1. The van der Waals surface area contributed by atoms with E-state index in [1.165, 1.54) is 37.3 Å². The van der Waals surface area contributed by atoms with Crippen molar-refractivity contribution < 1.29 is 18.5 Å². The number of amides is 1. The Morgan fingerprint density at radius 3 is 2.57 bits per heavy atom. The Morgan fingerprint density at radius 2 is 1.91 bits per heavy atom. The van der Waals surface area contributed by atoms with Gasteiger partial charge in [0.25, 0.3) is 17.4 Å². The maximum absolute atomic E-state index is 12.5. The van der Waals surface area contributed by atoms with E-state index in [2.05, 4.69) is 5.32 Å². The van der Waals surface area contributed by atoms with Gasteiger partial charge in [-0.05, 0) is 25.1 Å². The van der Waals surface area contributed by atoms with Gasteiger partial charge in [0, 0.05) is 22.1 Å². The number of hydrogen-bond acceptors (Lipinski definition) is 4. The van der Waals surface area contributed by atoms with Gasteiger partial charge < -0.3 is 5.32 Å². The van der Waals surface area contributed by atoms with Gasteiger partial charge in [-0.25, -0.2) is 0 Å².